The van der Waals surface area contributed by atoms with E-state index in [1.807, 2.05) is 0 Å². The summed E-state index contributed by atoms with van der Waals surface area (Å²) in [7, 11) is 0. The van der Waals surface area contributed by atoms with E-state index < -0.39 is 0 Å². The predicted octanol–water partition coefficient (Wildman–Crippen LogP) is 2.77. The van der Waals surface area contributed by atoms with Crippen molar-refractivity contribution in [2.75, 3.05) is 6.54 Å². The van der Waals surface area contributed by atoms with Crippen LogP contribution in [-0.2, 0) is 19.4 Å². The average molecular weight is 214 g/mol. The predicted molar refractivity (Wildman–Crippen MR) is 67.7 cm³/mol. The Bertz CT molecular complexity index is 511. The van der Waals surface area contributed by atoms with Crippen LogP contribution < -0.4 is 5.32 Å². The minimum Gasteiger partial charge on any atom is -0.358 e. The number of aromatic amines is 1. The van der Waals surface area contributed by atoms with Crippen molar-refractivity contribution in [1.29, 1.82) is 0 Å². The van der Waals surface area contributed by atoms with Crippen LogP contribution in [0.4, 0.5) is 0 Å². The van der Waals surface area contributed by atoms with E-state index in [1.54, 1.807) is 0 Å². The fourth-order valence-corrected chi connectivity index (χ4v) is 2.59. The minimum atomic E-state index is 1.02. The number of rotatable bonds is 1. The SMILES string of the molecule is CCc1ccc2[nH]c3c(c2c1)CNCCC3. The van der Waals surface area contributed by atoms with Gasteiger partial charge in [-0.1, -0.05) is 13.0 Å². The first-order chi connectivity index (χ1) is 7.88. The Morgan fingerprint density at radius 3 is 3.12 bits per heavy atom. The Morgan fingerprint density at radius 1 is 1.31 bits per heavy atom. The van der Waals surface area contributed by atoms with Gasteiger partial charge in [0.15, 0.2) is 0 Å². The largest absolute Gasteiger partial charge is 0.358 e. The van der Waals surface area contributed by atoms with Crippen LogP contribution in [0, 0.1) is 0 Å². The van der Waals surface area contributed by atoms with Crippen LogP contribution in [0.3, 0.4) is 0 Å². The monoisotopic (exact) mass is 214 g/mol. The fraction of sp³-hybridized carbons (Fsp3) is 0.429. The number of aromatic nitrogens is 1. The maximum atomic E-state index is 3.57. The van der Waals surface area contributed by atoms with Crippen molar-refractivity contribution in [3.63, 3.8) is 0 Å². The average Bonchev–Trinajstić information content (AvgIpc) is 2.50. The van der Waals surface area contributed by atoms with E-state index in [0.29, 0.717) is 0 Å². The van der Waals surface area contributed by atoms with Gasteiger partial charge in [0.2, 0.25) is 0 Å². The summed E-state index contributed by atoms with van der Waals surface area (Å²) in [6.07, 6.45) is 3.53. The van der Waals surface area contributed by atoms with E-state index in [1.165, 1.54) is 40.6 Å². The number of fused-ring (bicyclic) bond motifs is 3. The van der Waals surface area contributed by atoms with Gasteiger partial charge >= 0.3 is 0 Å². The molecule has 2 aromatic rings. The molecule has 0 atom stereocenters. The molecule has 0 spiro atoms. The smallest absolute Gasteiger partial charge is 0.0459 e. The number of hydrogen-bond donors (Lipinski definition) is 2. The van der Waals surface area contributed by atoms with Gasteiger partial charge < -0.3 is 10.3 Å². The van der Waals surface area contributed by atoms with Crippen molar-refractivity contribution in [2.45, 2.75) is 32.7 Å². The topological polar surface area (TPSA) is 27.8 Å². The van der Waals surface area contributed by atoms with Crippen molar-refractivity contribution in [2.24, 2.45) is 0 Å². The normalized spacial score (nSPS) is 16.1. The molecule has 0 saturated heterocycles. The van der Waals surface area contributed by atoms with E-state index in [2.05, 4.69) is 35.4 Å². The minimum absolute atomic E-state index is 1.02. The van der Waals surface area contributed by atoms with Crippen LogP contribution in [0.1, 0.15) is 30.2 Å². The van der Waals surface area contributed by atoms with E-state index in [0.717, 1.165) is 19.5 Å². The van der Waals surface area contributed by atoms with Crippen LogP contribution in [-0.4, -0.2) is 11.5 Å². The van der Waals surface area contributed by atoms with Crippen LogP contribution in [0.2, 0.25) is 0 Å². The Hall–Kier alpha value is -1.28. The molecule has 2 nitrogen and oxygen atoms in total. The molecule has 0 amide bonds. The molecule has 2 N–H and O–H groups in total. The summed E-state index contributed by atoms with van der Waals surface area (Å²) >= 11 is 0. The molecular formula is C14H18N2. The van der Waals surface area contributed by atoms with E-state index in [4.69, 9.17) is 0 Å². The molecule has 2 heterocycles. The molecule has 1 aliphatic rings. The molecule has 0 radical (unpaired) electrons. The molecule has 0 bridgehead atoms. The molecule has 0 saturated carbocycles. The quantitative estimate of drug-likeness (QED) is 0.750. The third kappa shape index (κ3) is 1.54. The molecule has 3 rings (SSSR count). The van der Waals surface area contributed by atoms with Gasteiger partial charge in [0.25, 0.3) is 0 Å². The summed E-state index contributed by atoms with van der Waals surface area (Å²) in [5, 5.41) is 4.92. The second kappa shape index (κ2) is 3.95. The van der Waals surface area contributed by atoms with E-state index >= 15 is 0 Å². The van der Waals surface area contributed by atoms with Crippen molar-refractivity contribution in [1.82, 2.24) is 10.3 Å². The van der Waals surface area contributed by atoms with Gasteiger partial charge in [-0.25, -0.2) is 0 Å². The maximum Gasteiger partial charge on any atom is 0.0459 e. The molecule has 0 fully saturated rings. The van der Waals surface area contributed by atoms with Gasteiger partial charge in [-0.15, -0.1) is 0 Å². The Balaban J connectivity index is 2.19. The number of benzene rings is 1. The van der Waals surface area contributed by atoms with Crippen LogP contribution in [0.5, 0.6) is 0 Å². The maximum absolute atomic E-state index is 3.57. The second-order valence-corrected chi connectivity index (χ2v) is 4.60. The van der Waals surface area contributed by atoms with Crippen LogP contribution in [0.15, 0.2) is 18.2 Å². The summed E-state index contributed by atoms with van der Waals surface area (Å²) in [5.74, 6) is 0. The number of nitrogens with one attached hydrogen (secondary N) is 2. The van der Waals surface area contributed by atoms with Gasteiger partial charge in [0.05, 0.1) is 0 Å². The van der Waals surface area contributed by atoms with Gasteiger partial charge in [0, 0.05) is 23.1 Å². The Morgan fingerprint density at radius 2 is 2.25 bits per heavy atom. The van der Waals surface area contributed by atoms with Gasteiger partial charge in [-0.3, -0.25) is 0 Å². The van der Waals surface area contributed by atoms with E-state index in [-0.39, 0.29) is 0 Å². The first-order valence-electron chi connectivity index (χ1n) is 6.21. The third-order valence-electron chi connectivity index (χ3n) is 3.55. The zero-order valence-electron chi connectivity index (χ0n) is 9.77. The first-order valence-corrected chi connectivity index (χ1v) is 6.21. The highest BCUT2D eigenvalue weighted by atomic mass is 14.9. The molecule has 2 heteroatoms. The summed E-state index contributed by atoms with van der Waals surface area (Å²) in [6.45, 7) is 4.37. The first kappa shape index (κ1) is 9.91. The van der Waals surface area contributed by atoms with E-state index in [9.17, 15) is 0 Å². The van der Waals surface area contributed by atoms with Crippen molar-refractivity contribution in [3.05, 3.63) is 35.0 Å². The van der Waals surface area contributed by atoms with Crippen LogP contribution >= 0.6 is 0 Å². The number of aryl methyl sites for hydroxylation is 2. The summed E-state index contributed by atoms with van der Waals surface area (Å²) in [5.41, 5.74) is 5.65. The van der Waals surface area contributed by atoms with Gasteiger partial charge in [-0.2, -0.15) is 0 Å². The summed E-state index contributed by atoms with van der Waals surface area (Å²) in [4.78, 5) is 3.57. The molecule has 0 aliphatic carbocycles. The zero-order chi connectivity index (χ0) is 11.0. The standard InChI is InChI=1S/C14H18N2/c1-2-10-5-6-14-11(8-10)12-9-15-7-3-4-13(12)16-14/h5-6,8,15-16H,2-4,7,9H2,1H3. The zero-order valence-corrected chi connectivity index (χ0v) is 9.77. The highest BCUT2D eigenvalue weighted by Gasteiger charge is 2.13. The molecular weight excluding hydrogens is 196 g/mol. The second-order valence-electron chi connectivity index (χ2n) is 4.60. The fourth-order valence-electron chi connectivity index (χ4n) is 2.59. The molecule has 1 aromatic carbocycles. The lowest BCUT2D eigenvalue weighted by Crippen LogP contribution is -2.11. The molecule has 16 heavy (non-hydrogen) atoms. The third-order valence-corrected chi connectivity index (χ3v) is 3.55. The molecule has 84 valence electrons. The molecule has 1 aromatic heterocycles. The molecule has 1 aliphatic heterocycles. The van der Waals surface area contributed by atoms with Crippen LogP contribution in [0.25, 0.3) is 10.9 Å². The number of hydrogen-bond acceptors (Lipinski definition) is 1. The summed E-state index contributed by atoms with van der Waals surface area (Å²) < 4.78 is 0. The lowest BCUT2D eigenvalue weighted by atomic mass is 10.1. The van der Waals surface area contributed by atoms with Gasteiger partial charge in [0.1, 0.15) is 0 Å². The van der Waals surface area contributed by atoms with Crippen molar-refractivity contribution in [3.8, 4) is 0 Å². The molecule has 0 unspecified atom stereocenters. The lowest BCUT2D eigenvalue weighted by Gasteiger charge is -2.01. The van der Waals surface area contributed by atoms with Gasteiger partial charge in [-0.05, 0) is 49.1 Å². The van der Waals surface area contributed by atoms with Crippen molar-refractivity contribution < 1.29 is 0 Å². The van der Waals surface area contributed by atoms with Crippen molar-refractivity contribution >= 4 is 10.9 Å². The summed E-state index contributed by atoms with van der Waals surface area (Å²) in [6, 6.07) is 6.80. The number of H-pyrrole nitrogens is 1. The Kier molecular flexibility index (Phi) is 2.44. The highest BCUT2D eigenvalue weighted by molar-refractivity contribution is 5.85. The lowest BCUT2D eigenvalue weighted by molar-refractivity contribution is 0.680. The Labute approximate surface area is 96.1 Å². The highest BCUT2D eigenvalue weighted by Crippen LogP contribution is 2.26.